The van der Waals surface area contributed by atoms with Crippen LogP contribution in [0.1, 0.15) is 17.3 Å². The molecule has 0 aliphatic heterocycles. The van der Waals surface area contributed by atoms with Crippen LogP contribution in [0.15, 0.2) is 22.5 Å². The van der Waals surface area contributed by atoms with Crippen LogP contribution < -0.4 is 5.32 Å². The van der Waals surface area contributed by atoms with Crippen molar-refractivity contribution in [3.63, 3.8) is 0 Å². The molecule has 25 heavy (non-hydrogen) atoms. The number of hydrogen-bond acceptors (Lipinski definition) is 9. The lowest BCUT2D eigenvalue weighted by molar-refractivity contribution is -0.384. The number of aromatic nitrogens is 2. The van der Waals surface area contributed by atoms with E-state index in [1.54, 1.807) is 6.92 Å². The highest BCUT2D eigenvalue weighted by Crippen LogP contribution is 2.27. The number of nitrogens with one attached hydrogen (secondary N) is 1. The Morgan fingerprint density at radius 3 is 2.88 bits per heavy atom. The Kier molecular flexibility index (Phi) is 6.67. The van der Waals surface area contributed by atoms with Crippen molar-refractivity contribution >= 4 is 57.4 Å². The molecule has 0 saturated carbocycles. The van der Waals surface area contributed by atoms with E-state index in [1.807, 2.05) is 0 Å². The number of amides is 1. The van der Waals surface area contributed by atoms with Gasteiger partial charge in [0.15, 0.2) is 4.34 Å². The molecule has 2 rings (SSSR count). The van der Waals surface area contributed by atoms with Gasteiger partial charge in [0, 0.05) is 12.1 Å². The van der Waals surface area contributed by atoms with Gasteiger partial charge in [-0.3, -0.25) is 25.0 Å². The van der Waals surface area contributed by atoms with E-state index in [0.29, 0.717) is 10.9 Å². The molecule has 0 bridgehead atoms. The van der Waals surface area contributed by atoms with Gasteiger partial charge in [-0.2, -0.15) is 0 Å². The summed E-state index contributed by atoms with van der Waals surface area (Å²) >= 11 is 8.09. The Hall–Kier alpha value is -2.24. The summed E-state index contributed by atoms with van der Waals surface area (Å²) in [4.78, 5) is 33.7. The molecule has 1 N–H and O–H groups in total. The lowest BCUT2D eigenvalue weighted by Gasteiger charge is -2.03. The number of nitro groups is 1. The minimum absolute atomic E-state index is 0.0493. The SMILES string of the molecule is CCOC(=O)CSc1nnc(NC(=O)c2cc([N+](=O)[O-])ccc2Cl)s1. The van der Waals surface area contributed by atoms with Crippen LogP contribution in [0.2, 0.25) is 5.02 Å². The predicted octanol–water partition coefficient (Wildman–Crippen LogP) is 3.01. The van der Waals surface area contributed by atoms with Gasteiger partial charge in [0.25, 0.3) is 11.6 Å². The molecule has 2 aromatic rings. The number of rotatable bonds is 7. The number of nitrogens with zero attached hydrogens (tertiary/aromatic N) is 3. The monoisotopic (exact) mass is 402 g/mol. The molecular formula is C13H11ClN4O5S2. The molecule has 1 amide bonds. The highest BCUT2D eigenvalue weighted by molar-refractivity contribution is 8.01. The van der Waals surface area contributed by atoms with Gasteiger partial charge < -0.3 is 4.74 Å². The van der Waals surface area contributed by atoms with Crippen LogP contribution in [-0.2, 0) is 9.53 Å². The van der Waals surface area contributed by atoms with Crippen molar-refractivity contribution in [3.8, 4) is 0 Å². The Bertz CT molecular complexity index is 813. The number of anilines is 1. The van der Waals surface area contributed by atoms with Gasteiger partial charge in [-0.25, -0.2) is 0 Å². The summed E-state index contributed by atoms with van der Waals surface area (Å²) < 4.78 is 5.26. The highest BCUT2D eigenvalue weighted by atomic mass is 35.5. The first-order valence-electron chi connectivity index (χ1n) is 6.78. The van der Waals surface area contributed by atoms with E-state index in [-0.39, 0.29) is 33.1 Å². The van der Waals surface area contributed by atoms with Gasteiger partial charge in [-0.15, -0.1) is 10.2 Å². The number of halogens is 1. The number of thioether (sulfide) groups is 1. The van der Waals surface area contributed by atoms with Crippen LogP contribution in [0.25, 0.3) is 0 Å². The molecule has 1 aromatic heterocycles. The van der Waals surface area contributed by atoms with Crippen molar-refractivity contribution in [3.05, 3.63) is 38.9 Å². The number of carbonyl (C=O) groups is 2. The second kappa shape index (κ2) is 8.74. The molecule has 0 spiro atoms. The van der Waals surface area contributed by atoms with E-state index in [1.165, 1.54) is 12.1 Å². The van der Waals surface area contributed by atoms with Gasteiger partial charge in [-0.05, 0) is 13.0 Å². The number of benzene rings is 1. The quantitative estimate of drug-likeness (QED) is 0.246. The largest absolute Gasteiger partial charge is 0.465 e. The molecule has 1 aromatic carbocycles. The number of ether oxygens (including phenoxy) is 1. The third-order valence-corrected chi connectivity index (χ3v) is 4.93. The predicted molar refractivity (Wildman–Crippen MR) is 93.3 cm³/mol. The molecule has 0 aliphatic rings. The van der Waals surface area contributed by atoms with E-state index >= 15 is 0 Å². The lowest BCUT2D eigenvalue weighted by Crippen LogP contribution is -2.12. The average molecular weight is 403 g/mol. The Morgan fingerprint density at radius 2 is 2.20 bits per heavy atom. The van der Waals surface area contributed by atoms with Crippen molar-refractivity contribution < 1.29 is 19.2 Å². The van der Waals surface area contributed by atoms with Gasteiger partial charge in [0.2, 0.25) is 5.13 Å². The maximum atomic E-state index is 12.2. The highest BCUT2D eigenvalue weighted by Gasteiger charge is 2.18. The fourth-order valence-electron chi connectivity index (χ4n) is 1.61. The third-order valence-electron chi connectivity index (χ3n) is 2.65. The van der Waals surface area contributed by atoms with Crippen LogP contribution >= 0.6 is 34.7 Å². The zero-order chi connectivity index (χ0) is 18.4. The first-order chi connectivity index (χ1) is 11.9. The van der Waals surface area contributed by atoms with Crippen molar-refractivity contribution in [2.75, 3.05) is 17.7 Å². The molecule has 0 aliphatic carbocycles. The zero-order valence-electron chi connectivity index (χ0n) is 12.7. The summed E-state index contributed by atoms with van der Waals surface area (Å²) in [5.74, 6) is -0.948. The van der Waals surface area contributed by atoms with E-state index in [9.17, 15) is 19.7 Å². The minimum Gasteiger partial charge on any atom is -0.465 e. The summed E-state index contributed by atoms with van der Waals surface area (Å²) in [6.45, 7) is 2.00. The first kappa shape index (κ1) is 19.1. The molecule has 0 saturated heterocycles. The molecule has 9 nitrogen and oxygen atoms in total. The van der Waals surface area contributed by atoms with Crippen LogP contribution in [-0.4, -0.2) is 39.4 Å². The fourth-order valence-corrected chi connectivity index (χ4v) is 3.36. The molecule has 0 fully saturated rings. The van der Waals surface area contributed by atoms with E-state index in [0.717, 1.165) is 29.2 Å². The topological polar surface area (TPSA) is 124 Å². The first-order valence-corrected chi connectivity index (χ1v) is 8.96. The summed E-state index contributed by atoms with van der Waals surface area (Å²) in [5.41, 5.74) is -0.302. The minimum atomic E-state index is -0.646. The van der Waals surface area contributed by atoms with Crippen LogP contribution in [0.5, 0.6) is 0 Å². The van der Waals surface area contributed by atoms with Gasteiger partial charge in [-0.1, -0.05) is 34.7 Å². The van der Waals surface area contributed by atoms with Crippen LogP contribution in [0.4, 0.5) is 10.8 Å². The average Bonchev–Trinajstić information content (AvgIpc) is 3.00. The Balaban J connectivity index is 2.03. The molecule has 0 atom stereocenters. The van der Waals surface area contributed by atoms with Crippen LogP contribution in [0.3, 0.4) is 0 Å². The van der Waals surface area contributed by atoms with Gasteiger partial charge in [0.1, 0.15) is 0 Å². The van der Waals surface area contributed by atoms with Crippen molar-refractivity contribution in [1.29, 1.82) is 0 Å². The van der Waals surface area contributed by atoms with Crippen LogP contribution in [0, 0.1) is 10.1 Å². The number of esters is 1. The standard InChI is InChI=1S/C13H11ClN4O5S2/c1-2-23-10(19)6-24-13-17-16-12(25-13)15-11(20)8-5-7(18(21)22)3-4-9(8)14/h3-5H,2,6H2,1H3,(H,15,16,20). The molecule has 0 radical (unpaired) electrons. The van der Waals surface area contributed by atoms with Gasteiger partial charge in [0.05, 0.1) is 27.9 Å². The number of nitro benzene ring substituents is 1. The molecule has 0 unspecified atom stereocenters. The Labute approximate surface area is 154 Å². The normalized spacial score (nSPS) is 10.3. The number of hydrogen-bond donors (Lipinski definition) is 1. The number of carbonyl (C=O) groups excluding carboxylic acids is 2. The smallest absolute Gasteiger partial charge is 0.316 e. The Morgan fingerprint density at radius 1 is 1.44 bits per heavy atom. The second-order valence-corrected chi connectivity index (χ2v) is 6.95. The molecular weight excluding hydrogens is 392 g/mol. The maximum absolute atomic E-state index is 12.2. The zero-order valence-corrected chi connectivity index (χ0v) is 15.1. The van der Waals surface area contributed by atoms with E-state index in [4.69, 9.17) is 16.3 Å². The number of non-ortho nitro benzene ring substituents is 1. The summed E-state index contributed by atoms with van der Waals surface area (Å²) in [7, 11) is 0. The lowest BCUT2D eigenvalue weighted by atomic mass is 10.2. The summed E-state index contributed by atoms with van der Waals surface area (Å²) in [5, 5.41) is 21.1. The van der Waals surface area contributed by atoms with E-state index in [2.05, 4.69) is 15.5 Å². The second-order valence-electron chi connectivity index (χ2n) is 4.34. The van der Waals surface area contributed by atoms with Crippen molar-refractivity contribution in [2.24, 2.45) is 0 Å². The molecule has 1 heterocycles. The molecule has 12 heteroatoms. The van der Waals surface area contributed by atoms with Gasteiger partial charge >= 0.3 is 5.97 Å². The van der Waals surface area contributed by atoms with Crippen molar-refractivity contribution in [2.45, 2.75) is 11.3 Å². The third kappa shape index (κ3) is 5.37. The fraction of sp³-hybridized carbons (Fsp3) is 0.231. The summed E-state index contributed by atoms with van der Waals surface area (Å²) in [6.07, 6.45) is 0. The van der Waals surface area contributed by atoms with E-state index < -0.39 is 10.8 Å². The maximum Gasteiger partial charge on any atom is 0.316 e. The van der Waals surface area contributed by atoms with Crippen molar-refractivity contribution in [1.82, 2.24) is 10.2 Å². The molecule has 132 valence electrons. The summed E-state index contributed by atoms with van der Waals surface area (Å²) in [6, 6.07) is 3.55.